The van der Waals surface area contributed by atoms with Crippen molar-refractivity contribution in [3.8, 4) is 0 Å². The number of aryl methyl sites for hydroxylation is 1. The van der Waals surface area contributed by atoms with Crippen molar-refractivity contribution >= 4 is 17.3 Å². The Bertz CT molecular complexity index is 572. The van der Waals surface area contributed by atoms with Crippen LogP contribution in [0.4, 0.5) is 11.4 Å². The second-order valence-electron chi connectivity index (χ2n) is 4.43. The third-order valence-corrected chi connectivity index (χ3v) is 3.19. The number of nitrogens with zero attached hydrogens (tertiary/aromatic N) is 3. The van der Waals surface area contributed by atoms with Gasteiger partial charge in [-0.25, -0.2) is 0 Å². The number of hydrogen-bond donors (Lipinski definition) is 2. The van der Waals surface area contributed by atoms with Gasteiger partial charge in [0.05, 0.1) is 5.69 Å². The lowest BCUT2D eigenvalue weighted by Crippen LogP contribution is -2.21. The Hall–Kier alpha value is -2.37. The van der Waals surface area contributed by atoms with Gasteiger partial charge in [-0.2, -0.15) is 15.4 Å². The van der Waals surface area contributed by atoms with Crippen LogP contribution in [-0.2, 0) is 0 Å². The van der Waals surface area contributed by atoms with Crippen molar-refractivity contribution in [1.29, 1.82) is 0 Å². The van der Waals surface area contributed by atoms with Gasteiger partial charge in [-0.3, -0.25) is 4.79 Å². The van der Waals surface area contributed by atoms with E-state index in [1.165, 1.54) is 0 Å². The lowest BCUT2D eigenvalue weighted by atomic mass is 10.2. The number of hydrogen-bond acceptors (Lipinski definition) is 4. The lowest BCUT2D eigenvalue weighted by molar-refractivity contribution is 0.102. The van der Waals surface area contributed by atoms with Crippen molar-refractivity contribution in [2.24, 2.45) is 0 Å². The zero-order valence-corrected chi connectivity index (χ0v) is 12.0. The first-order valence-corrected chi connectivity index (χ1v) is 6.69. The highest BCUT2D eigenvalue weighted by Gasteiger charge is 2.13. The summed E-state index contributed by atoms with van der Waals surface area (Å²) in [5.74, 6) is -0.258. The van der Waals surface area contributed by atoms with E-state index in [1.807, 2.05) is 24.3 Å². The fourth-order valence-electron chi connectivity index (χ4n) is 2.03. The molecule has 106 valence electrons. The monoisotopic (exact) mass is 273 g/mol. The van der Waals surface area contributed by atoms with Crippen LogP contribution in [0.5, 0.6) is 0 Å². The van der Waals surface area contributed by atoms with Crippen LogP contribution < -0.4 is 10.2 Å². The van der Waals surface area contributed by atoms with E-state index in [4.69, 9.17) is 0 Å². The second-order valence-corrected chi connectivity index (χ2v) is 4.43. The van der Waals surface area contributed by atoms with Crippen LogP contribution in [0.3, 0.4) is 0 Å². The van der Waals surface area contributed by atoms with Crippen molar-refractivity contribution in [2.45, 2.75) is 20.8 Å². The molecular weight excluding hydrogens is 254 g/mol. The Morgan fingerprint density at radius 2 is 1.85 bits per heavy atom. The number of carbonyl (C=O) groups is 1. The first-order chi connectivity index (χ1) is 9.65. The molecule has 0 atom stereocenters. The van der Waals surface area contributed by atoms with Crippen LogP contribution in [-0.4, -0.2) is 34.4 Å². The SMILES string of the molecule is CCN(CC)c1ccc(NC(=O)c2n[nH]nc2C)cc1. The molecule has 0 saturated heterocycles. The predicted octanol–water partition coefficient (Wildman–Crippen LogP) is 2.21. The van der Waals surface area contributed by atoms with Crippen LogP contribution in [0.2, 0.25) is 0 Å². The molecule has 1 amide bonds. The molecule has 0 bridgehead atoms. The summed E-state index contributed by atoms with van der Waals surface area (Å²) >= 11 is 0. The standard InChI is InChI=1S/C14H19N5O/c1-4-19(5-2)12-8-6-11(7-9-12)15-14(20)13-10(3)16-18-17-13/h6-9H,4-5H2,1-3H3,(H,15,20)(H,16,17,18). The predicted molar refractivity (Wildman–Crippen MR) is 79.1 cm³/mol. The molecule has 2 N–H and O–H groups in total. The zero-order chi connectivity index (χ0) is 14.5. The molecule has 2 rings (SSSR count). The van der Waals surface area contributed by atoms with Crippen molar-refractivity contribution in [2.75, 3.05) is 23.3 Å². The first-order valence-electron chi connectivity index (χ1n) is 6.69. The summed E-state index contributed by atoms with van der Waals surface area (Å²) in [6.07, 6.45) is 0. The molecule has 0 spiro atoms. The summed E-state index contributed by atoms with van der Waals surface area (Å²) in [5.41, 5.74) is 2.79. The minimum absolute atomic E-state index is 0.258. The number of nitrogens with one attached hydrogen (secondary N) is 2. The van der Waals surface area contributed by atoms with Crippen LogP contribution in [0.15, 0.2) is 24.3 Å². The molecular formula is C14H19N5O. The summed E-state index contributed by atoms with van der Waals surface area (Å²) in [6, 6.07) is 7.78. The van der Waals surface area contributed by atoms with Crippen molar-refractivity contribution in [3.63, 3.8) is 0 Å². The molecule has 1 heterocycles. The van der Waals surface area contributed by atoms with Crippen LogP contribution in [0.25, 0.3) is 0 Å². The molecule has 20 heavy (non-hydrogen) atoms. The summed E-state index contributed by atoms with van der Waals surface area (Å²) in [7, 11) is 0. The largest absolute Gasteiger partial charge is 0.372 e. The molecule has 1 aromatic heterocycles. The van der Waals surface area contributed by atoms with Crippen molar-refractivity contribution in [1.82, 2.24) is 15.4 Å². The van der Waals surface area contributed by atoms with E-state index in [1.54, 1.807) is 6.92 Å². The van der Waals surface area contributed by atoms with Crippen molar-refractivity contribution in [3.05, 3.63) is 35.7 Å². The van der Waals surface area contributed by atoms with Gasteiger partial charge in [0.1, 0.15) is 0 Å². The van der Waals surface area contributed by atoms with Gasteiger partial charge in [0.2, 0.25) is 0 Å². The quantitative estimate of drug-likeness (QED) is 0.876. The summed E-state index contributed by atoms with van der Waals surface area (Å²) in [6.45, 7) is 7.89. The number of carbonyl (C=O) groups excluding carboxylic acids is 1. The van der Waals surface area contributed by atoms with Gasteiger partial charge in [-0.05, 0) is 45.0 Å². The fourth-order valence-corrected chi connectivity index (χ4v) is 2.03. The van der Waals surface area contributed by atoms with E-state index in [0.29, 0.717) is 11.4 Å². The normalized spacial score (nSPS) is 10.3. The maximum Gasteiger partial charge on any atom is 0.278 e. The van der Waals surface area contributed by atoms with E-state index in [0.717, 1.165) is 24.5 Å². The molecule has 0 radical (unpaired) electrons. The highest BCUT2D eigenvalue weighted by molar-refractivity contribution is 6.03. The molecule has 0 aliphatic carbocycles. The minimum Gasteiger partial charge on any atom is -0.372 e. The zero-order valence-electron chi connectivity index (χ0n) is 12.0. The highest BCUT2D eigenvalue weighted by atomic mass is 16.2. The number of rotatable bonds is 5. The number of benzene rings is 1. The summed E-state index contributed by atoms with van der Waals surface area (Å²) < 4.78 is 0. The molecule has 0 aliphatic heterocycles. The van der Waals surface area contributed by atoms with E-state index in [9.17, 15) is 4.79 Å². The third kappa shape index (κ3) is 2.96. The summed E-state index contributed by atoms with van der Waals surface area (Å²) in [5, 5.41) is 12.9. The second kappa shape index (κ2) is 6.18. The highest BCUT2D eigenvalue weighted by Crippen LogP contribution is 2.18. The van der Waals surface area contributed by atoms with E-state index >= 15 is 0 Å². The number of aromatic nitrogens is 3. The van der Waals surface area contributed by atoms with Gasteiger partial charge >= 0.3 is 0 Å². The van der Waals surface area contributed by atoms with Gasteiger partial charge in [-0.1, -0.05) is 0 Å². The van der Waals surface area contributed by atoms with Gasteiger partial charge in [-0.15, -0.1) is 0 Å². The average Bonchev–Trinajstić information content (AvgIpc) is 2.88. The van der Waals surface area contributed by atoms with E-state index in [-0.39, 0.29) is 5.91 Å². The van der Waals surface area contributed by atoms with Crippen LogP contribution in [0.1, 0.15) is 30.0 Å². The topological polar surface area (TPSA) is 73.9 Å². The third-order valence-electron chi connectivity index (χ3n) is 3.19. The number of anilines is 2. The summed E-state index contributed by atoms with van der Waals surface area (Å²) in [4.78, 5) is 14.2. The number of H-pyrrole nitrogens is 1. The smallest absolute Gasteiger partial charge is 0.278 e. The van der Waals surface area contributed by atoms with Gasteiger partial charge < -0.3 is 10.2 Å². The molecule has 0 fully saturated rings. The number of amides is 1. The van der Waals surface area contributed by atoms with Gasteiger partial charge in [0.15, 0.2) is 5.69 Å². The Kier molecular flexibility index (Phi) is 4.34. The minimum atomic E-state index is -0.258. The molecule has 0 aliphatic rings. The van der Waals surface area contributed by atoms with E-state index in [2.05, 4.69) is 39.5 Å². The molecule has 6 heteroatoms. The van der Waals surface area contributed by atoms with E-state index < -0.39 is 0 Å². The average molecular weight is 273 g/mol. The number of aromatic amines is 1. The van der Waals surface area contributed by atoms with Gasteiger partial charge in [0.25, 0.3) is 5.91 Å². The van der Waals surface area contributed by atoms with Crippen LogP contribution >= 0.6 is 0 Å². The van der Waals surface area contributed by atoms with Gasteiger partial charge in [0, 0.05) is 24.5 Å². The maximum absolute atomic E-state index is 12.0. The maximum atomic E-state index is 12.0. The Labute approximate surface area is 118 Å². The Morgan fingerprint density at radius 3 is 2.35 bits per heavy atom. The Balaban J connectivity index is 2.08. The van der Waals surface area contributed by atoms with Crippen molar-refractivity contribution < 1.29 is 4.79 Å². The molecule has 0 saturated carbocycles. The molecule has 6 nitrogen and oxygen atoms in total. The molecule has 0 unspecified atom stereocenters. The molecule has 1 aromatic carbocycles. The first kappa shape index (κ1) is 14.0. The Morgan fingerprint density at radius 1 is 1.20 bits per heavy atom. The van der Waals surface area contributed by atoms with Crippen LogP contribution in [0, 0.1) is 6.92 Å². The fraction of sp³-hybridized carbons (Fsp3) is 0.357. The lowest BCUT2D eigenvalue weighted by Gasteiger charge is -2.21. The molecule has 2 aromatic rings.